The molecular formula is C14H16ClN3O2. The molecule has 1 aliphatic heterocycles. The van der Waals surface area contributed by atoms with Crippen LogP contribution < -0.4 is 0 Å². The Bertz CT molecular complexity index is 640. The van der Waals surface area contributed by atoms with Gasteiger partial charge in [-0.05, 0) is 37.6 Å². The summed E-state index contributed by atoms with van der Waals surface area (Å²) in [4.78, 5) is 21.0. The number of nitrogens with one attached hydrogen (secondary N) is 1. The van der Waals surface area contributed by atoms with Gasteiger partial charge < -0.3 is 10.1 Å². The fourth-order valence-electron chi connectivity index (χ4n) is 2.72. The zero-order chi connectivity index (χ0) is 14.1. The summed E-state index contributed by atoms with van der Waals surface area (Å²) in [5, 5.41) is 9.78. The molecule has 2 aromatic rings. The summed E-state index contributed by atoms with van der Waals surface area (Å²) in [7, 11) is 0. The first-order valence-corrected chi connectivity index (χ1v) is 7.09. The first kappa shape index (κ1) is 13.4. The molecule has 0 spiro atoms. The van der Waals surface area contributed by atoms with Crippen LogP contribution in [-0.2, 0) is 11.3 Å². The molecule has 0 aliphatic carbocycles. The number of rotatable bonds is 3. The lowest BCUT2D eigenvalue weighted by atomic mass is 9.98. The Kier molecular flexibility index (Phi) is 3.63. The number of hydrogen-bond acceptors (Lipinski definition) is 3. The minimum Gasteiger partial charge on any atom is -0.481 e. The normalized spacial score (nSPS) is 20.4. The number of aliphatic carboxylic acids is 1. The van der Waals surface area contributed by atoms with Crippen LogP contribution in [0.5, 0.6) is 0 Å². The van der Waals surface area contributed by atoms with Crippen molar-refractivity contribution < 1.29 is 9.90 Å². The molecule has 2 heterocycles. The van der Waals surface area contributed by atoms with Gasteiger partial charge in [0.05, 0.1) is 23.5 Å². The van der Waals surface area contributed by atoms with Gasteiger partial charge in [-0.25, -0.2) is 4.98 Å². The number of likely N-dealkylation sites (tertiary alicyclic amines) is 1. The van der Waals surface area contributed by atoms with Gasteiger partial charge in [0.15, 0.2) is 0 Å². The van der Waals surface area contributed by atoms with Crippen molar-refractivity contribution in [1.82, 2.24) is 14.9 Å². The third-order valence-electron chi connectivity index (χ3n) is 3.72. The quantitative estimate of drug-likeness (QED) is 0.912. The van der Waals surface area contributed by atoms with Crippen LogP contribution in [0.15, 0.2) is 18.2 Å². The average Bonchev–Trinajstić information content (AvgIpc) is 2.80. The lowest BCUT2D eigenvalue weighted by molar-refractivity contribution is -0.143. The van der Waals surface area contributed by atoms with Gasteiger partial charge in [-0.3, -0.25) is 9.69 Å². The van der Waals surface area contributed by atoms with Crippen molar-refractivity contribution in [3.8, 4) is 0 Å². The Balaban J connectivity index is 1.74. The smallest absolute Gasteiger partial charge is 0.307 e. The van der Waals surface area contributed by atoms with Gasteiger partial charge in [-0.1, -0.05) is 11.6 Å². The lowest BCUT2D eigenvalue weighted by Crippen LogP contribution is -2.38. The number of benzene rings is 1. The van der Waals surface area contributed by atoms with Gasteiger partial charge in [-0.15, -0.1) is 0 Å². The topological polar surface area (TPSA) is 69.2 Å². The van der Waals surface area contributed by atoms with Gasteiger partial charge in [0.25, 0.3) is 0 Å². The lowest BCUT2D eigenvalue weighted by Gasteiger charge is -2.29. The number of H-pyrrole nitrogens is 1. The maximum Gasteiger partial charge on any atom is 0.307 e. The van der Waals surface area contributed by atoms with E-state index in [0.717, 1.165) is 36.2 Å². The molecule has 106 valence electrons. The molecule has 1 atom stereocenters. The van der Waals surface area contributed by atoms with Crippen molar-refractivity contribution in [2.45, 2.75) is 19.4 Å². The molecule has 6 heteroatoms. The second-order valence-electron chi connectivity index (χ2n) is 5.26. The van der Waals surface area contributed by atoms with Crippen molar-refractivity contribution in [2.24, 2.45) is 5.92 Å². The highest BCUT2D eigenvalue weighted by molar-refractivity contribution is 6.31. The van der Waals surface area contributed by atoms with Crippen molar-refractivity contribution in [2.75, 3.05) is 13.1 Å². The average molecular weight is 294 g/mol. The number of carbonyl (C=O) groups is 1. The van der Waals surface area contributed by atoms with Crippen LogP contribution in [0.2, 0.25) is 5.02 Å². The van der Waals surface area contributed by atoms with E-state index in [1.807, 2.05) is 18.2 Å². The molecule has 1 aliphatic rings. The second-order valence-corrected chi connectivity index (χ2v) is 5.69. The van der Waals surface area contributed by atoms with Gasteiger partial charge in [0.2, 0.25) is 0 Å². The number of imidazole rings is 1. The number of piperidine rings is 1. The first-order valence-electron chi connectivity index (χ1n) is 6.71. The molecule has 5 nitrogen and oxygen atoms in total. The summed E-state index contributed by atoms with van der Waals surface area (Å²) < 4.78 is 0. The maximum absolute atomic E-state index is 11.1. The molecule has 0 radical (unpaired) electrons. The summed E-state index contributed by atoms with van der Waals surface area (Å²) in [6.45, 7) is 2.16. The number of nitrogens with zero attached hydrogens (tertiary/aromatic N) is 2. The van der Waals surface area contributed by atoms with E-state index in [0.29, 0.717) is 18.1 Å². The second kappa shape index (κ2) is 5.42. The number of fused-ring (bicyclic) bond motifs is 1. The standard InChI is InChI=1S/C14H16ClN3O2/c15-10-3-4-11-12(6-10)17-13(16-11)8-18-5-1-2-9(7-18)14(19)20/h3-4,6,9H,1-2,5,7-8H2,(H,16,17)(H,19,20). The summed E-state index contributed by atoms with van der Waals surface area (Å²) in [5.41, 5.74) is 1.80. The Hall–Kier alpha value is -1.59. The van der Waals surface area contributed by atoms with E-state index in [9.17, 15) is 4.79 Å². The zero-order valence-electron chi connectivity index (χ0n) is 11.0. The summed E-state index contributed by atoms with van der Waals surface area (Å²) in [6.07, 6.45) is 1.69. The Morgan fingerprint density at radius 1 is 1.55 bits per heavy atom. The van der Waals surface area contributed by atoms with Crippen LogP contribution in [0.3, 0.4) is 0 Å². The van der Waals surface area contributed by atoms with Crippen molar-refractivity contribution in [3.63, 3.8) is 0 Å². The highest BCUT2D eigenvalue weighted by Gasteiger charge is 2.25. The van der Waals surface area contributed by atoms with Crippen molar-refractivity contribution in [1.29, 1.82) is 0 Å². The molecule has 1 aromatic carbocycles. The number of carboxylic acids is 1. The molecule has 0 saturated carbocycles. The molecule has 1 aromatic heterocycles. The first-order chi connectivity index (χ1) is 9.61. The van der Waals surface area contributed by atoms with E-state index in [4.69, 9.17) is 16.7 Å². The predicted octanol–water partition coefficient (Wildman–Crippen LogP) is 2.51. The van der Waals surface area contributed by atoms with E-state index in [-0.39, 0.29) is 5.92 Å². The van der Waals surface area contributed by atoms with Crippen LogP contribution >= 0.6 is 11.6 Å². The highest BCUT2D eigenvalue weighted by atomic mass is 35.5. The Labute approximate surface area is 121 Å². The number of hydrogen-bond donors (Lipinski definition) is 2. The fourth-order valence-corrected chi connectivity index (χ4v) is 2.89. The van der Waals surface area contributed by atoms with Gasteiger partial charge >= 0.3 is 5.97 Å². The minimum absolute atomic E-state index is 0.262. The van der Waals surface area contributed by atoms with Gasteiger partial charge in [-0.2, -0.15) is 0 Å². The third-order valence-corrected chi connectivity index (χ3v) is 3.96. The zero-order valence-corrected chi connectivity index (χ0v) is 11.7. The SMILES string of the molecule is O=C(O)C1CCCN(Cc2nc3ccc(Cl)cc3[nH]2)C1. The van der Waals surface area contributed by atoms with E-state index in [2.05, 4.69) is 14.9 Å². The molecule has 3 rings (SSSR count). The maximum atomic E-state index is 11.1. The predicted molar refractivity (Wildman–Crippen MR) is 76.7 cm³/mol. The van der Waals surface area contributed by atoms with Crippen LogP contribution in [0.1, 0.15) is 18.7 Å². The monoisotopic (exact) mass is 293 g/mol. The fraction of sp³-hybridized carbons (Fsp3) is 0.429. The van der Waals surface area contributed by atoms with Crippen LogP contribution in [0.25, 0.3) is 11.0 Å². The van der Waals surface area contributed by atoms with Crippen LogP contribution in [-0.4, -0.2) is 39.0 Å². The molecule has 0 bridgehead atoms. The number of aromatic amines is 1. The molecule has 20 heavy (non-hydrogen) atoms. The molecule has 0 amide bonds. The van der Waals surface area contributed by atoms with Crippen LogP contribution in [0, 0.1) is 5.92 Å². The van der Waals surface area contributed by atoms with E-state index >= 15 is 0 Å². The Morgan fingerprint density at radius 2 is 2.40 bits per heavy atom. The van der Waals surface area contributed by atoms with Gasteiger partial charge in [0.1, 0.15) is 5.82 Å². The van der Waals surface area contributed by atoms with E-state index in [1.54, 1.807) is 0 Å². The number of carboxylic acid groups (broad SMARTS) is 1. The number of aromatic nitrogens is 2. The molecule has 1 saturated heterocycles. The molecule has 2 N–H and O–H groups in total. The molecule has 1 unspecified atom stereocenters. The minimum atomic E-state index is -0.703. The van der Waals surface area contributed by atoms with Crippen molar-refractivity contribution in [3.05, 3.63) is 29.0 Å². The van der Waals surface area contributed by atoms with Crippen molar-refractivity contribution >= 4 is 28.6 Å². The van der Waals surface area contributed by atoms with Crippen LogP contribution in [0.4, 0.5) is 0 Å². The summed E-state index contributed by atoms with van der Waals surface area (Å²) >= 11 is 5.95. The highest BCUT2D eigenvalue weighted by Crippen LogP contribution is 2.20. The Morgan fingerprint density at radius 3 is 3.20 bits per heavy atom. The largest absolute Gasteiger partial charge is 0.481 e. The molecular weight excluding hydrogens is 278 g/mol. The third kappa shape index (κ3) is 2.78. The number of halogens is 1. The van der Waals surface area contributed by atoms with E-state index in [1.165, 1.54) is 0 Å². The summed E-state index contributed by atoms with van der Waals surface area (Å²) in [5.74, 6) is -0.109. The summed E-state index contributed by atoms with van der Waals surface area (Å²) in [6, 6.07) is 5.55. The van der Waals surface area contributed by atoms with Gasteiger partial charge in [0, 0.05) is 11.6 Å². The van der Waals surface area contributed by atoms with E-state index < -0.39 is 5.97 Å². The molecule has 1 fully saturated rings.